The van der Waals surface area contributed by atoms with E-state index in [0.29, 0.717) is 17.1 Å². The van der Waals surface area contributed by atoms with Crippen molar-refractivity contribution in [2.75, 3.05) is 7.11 Å². The second kappa shape index (κ2) is 8.45. The fourth-order valence-corrected chi connectivity index (χ4v) is 2.41. The summed E-state index contributed by atoms with van der Waals surface area (Å²) in [5.74, 6) is 0.582. The molecule has 0 aliphatic heterocycles. The number of aromatic nitrogens is 1. The number of carbonyl (C=O) groups is 1. The number of hydrogen-bond donors (Lipinski definition) is 0. The Hall–Kier alpha value is -3.91. The van der Waals surface area contributed by atoms with Crippen molar-refractivity contribution in [3.8, 4) is 28.7 Å². The molecule has 0 amide bonds. The lowest BCUT2D eigenvalue weighted by molar-refractivity contribution is -0.128. The molecule has 3 rings (SSSR count). The van der Waals surface area contributed by atoms with Crippen molar-refractivity contribution < 1.29 is 14.3 Å². The molecule has 0 saturated carbocycles. The van der Waals surface area contributed by atoms with Crippen LogP contribution in [0.5, 0.6) is 11.5 Å². The minimum atomic E-state index is -0.482. The Morgan fingerprint density at radius 1 is 1.00 bits per heavy atom. The van der Waals surface area contributed by atoms with E-state index in [2.05, 4.69) is 11.1 Å². The zero-order valence-electron chi connectivity index (χ0n) is 14.6. The number of esters is 1. The highest BCUT2D eigenvalue weighted by Crippen LogP contribution is 2.23. The predicted octanol–water partition coefficient (Wildman–Crippen LogP) is 4.25. The molecule has 5 nitrogen and oxygen atoms in total. The summed E-state index contributed by atoms with van der Waals surface area (Å²) in [4.78, 5) is 16.0. The van der Waals surface area contributed by atoms with Crippen LogP contribution in [-0.2, 0) is 4.79 Å². The van der Waals surface area contributed by atoms with Gasteiger partial charge in [0.1, 0.15) is 11.5 Å². The molecule has 0 fully saturated rings. The van der Waals surface area contributed by atoms with Crippen LogP contribution in [0.4, 0.5) is 0 Å². The maximum Gasteiger partial charge on any atom is 0.336 e. The molecule has 0 atom stereocenters. The Morgan fingerprint density at radius 3 is 2.30 bits per heavy atom. The number of pyridine rings is 1. The van der Waals surface area contributed by atoms with Gasteiger partial charge in [0.15, 0.2) is 0 Å². The Morgan fingerprint density at radius 2 is 1.67 bits per heavy atom. The van der Waals surface area contributed by atoms with Crippen LogP contribution in [0.25, 0.3) is 17.2 Å². The molecular weight excluding hydrogens is 340 g/mol. The largest absolute Gasteiger partial charge is 0.495 e. The van der Waals surface area contributed by atoms with Gasteiger partial charge in [0, 0.05) is 12.3 Å². The van der Waals surface area contributed by atoms with E-state index in [-0.39, 0.29) is 0 Å². The summed E-state index contributed by atoms with van der Waals surface area (Å²) in [7, 11) is 1.56. The summed E-state index contributed by atoms with van der Waals surface area (Å²) in [5.41, 5.74) is 3.30. The van der Waals surface area contributed by atoms with E-state index in [9.17, 15) is 4.79 Å². The average Bonchev–Trinajstić information content (AvgIpc) is 2.73. The van der Waals surface area contributed by atoms with Crippen LogP contribution in [-0.4, -0.2) is 18.1 Å². The number of ether oxygens (including phenoxy) is 2. The molecule has 0 bridgehead atoms. The first-order valence-corrected chi connectivity index (χ1v) is 8.17. The highest BCUT2D eigenvalue weighted by Gasteiger charge is 2.03. The number of rotatable bonds is 5. The van der Waals surface area contributed by atoms with Crippen molar-refractivity contribution in [1.29, 1.82) is 5.26 Å². The number of methoxy groups -OCH3 is 1. The van der Waals surface area contributed by atoms with Crippen LogP contribution in [0.2, 0.25) is 0 Å². The molecule has 0 unspecified atom stereocenters. The number of hydrogen-bond acceptors (Lipinski definition) is 5. The van der Waals surface area contributed by atoms with E-state index in [1.807, 2.05) is 24.3 Å². The topological polar surface area (TPSA) is 72.2 Å². The van der Waals surface area contributed by atoms with Gasteiger partial charge in [-0.25, -0.2) is 4.79 Å². The molecule has 3 aromatic rings. The molecule has 0 spiro atoms. The van der Waals surface area contributed by atoms with Crippen LogP contribution in [0, 0.1) is 11.3 Å². The summed E-state index contributed by atoms with van der Waals surface area (Å²) >= 11 is 0. The Labute approximate surface area is 157 Å². The molecule has 0 radical (unpaired) electrons. The fraction of sp³-hybridized carbons (Fsp3) is 0.0455. The smallest absolute Gasteiger partial charge is 0.336 e. The van der Waals surface area contributed by atoms with E-state index >= 15 is 0 Å². The molecule has 2 aromatic carbocycles. The lowest BCUT2D eigenvalue weighted by Gasteiger charge is -2.05. The highest BCUT2D eigenvalue weighted by molar-refractivity contribution is 5.88. The van der Waals surface area contributed by atoms with Crippen LogP contribution >= 0.6 is 0 Å². The number of benzene rings is 2. The van der Waals surface area contributed by atoms with Gasteiger partial charge in [0.05, 0.1) is 24.9 Å². The molecule has 132 valence electrons. The second-order valence-corrected chi connectivity index (χ2v) is 5.63. The van der Waals surface area contributed by atoms with E-state index in [4.69, 9.17) is 14.7 Å². The van der Waals surface area contributed by atoms with E-state index < -0.39 is 5.97 Å². The Kier molecular flexibility index (Phi) is 5.60. The molecule has 0 saturated heterocycles. The first kappa shape index (κ1) is 17.9. The van der Waals surface area contributed by atoms with E-state index in [1.54, 1.807) is 55.9 Å². The van der Waals surface area contributed by atoms with Gasteiger partial charge < -0.3 is 9.47 Å². The molecule has 5 heteroatoms. The summed E-state index contributed by atoms with van der Waals surface area (Å²) in [6.07, 6.45) is 6.16. The third-order valence-electron chi connectivity index (χ3n) is 3.80. The lowest BCUT2D eigenvalue weighted by Crippen LogP contribution is -2.03. The quantitative estimate of drug-likeness (QED) is 0.388. The number of nitrogens with zero attached hydrogens (tertiary/aromatic N) is 2. The predicted molar refractivity (Wildman–Crippen MR) is 102 cm³/mol. The Balaban J connectivity index is 1.64. The normalized spacial score (nSPS) is 10.4. The molecular formula is C22H16N2O3. The molecule has 0 aliphatic carbocycles. The van der Waals surface area contributed by atoms with Crippen molar-refractivity contribution in [2.45, 2.75) is 0 Å². The SMILES string of the molecule is COc1cncc(/C=C/C(=O)Oc2ccc(-c3ccc(C#N)cc3)cc2)c1. The molecule has 1 aromatic heterocycles. The standard InChI is InChI=1S/C22H16N2O3/c1-26-21-12-17(14-24-15-21)4-11-22(25)27-20-9-7-19(8-10-20)18-5-2-16(13-23)3-6-18/h2-12,14-15H,1H3/b11-4+. The van der Waals surface area contributed by atoms with Gasteiger partial charge >= 0.3 is 5.97 Å². The van der Waals surface area contributed by atoms with Crippen molar-refractivity contribution in [3.63, 3.8) is 0 Å². The van der Waals surface area contributed by atoms with Crippen molar-refractivity contribution >= 4 is 12.0 Å². The van der Waals surface area contributed by atoms with Gasteiger partial charge in [-0.05, 0) is 53.1 Å². The van der Waals surface area contributed by atoms with E-state index in [1.165, 1.54) is 6.08 Å². The first-order chi connectivity index (χ1) is 13.2. The van der Waals surface area contributed by atoms with Crippen molar-refractivity contribution in [2.24, 2.45) is 0 Å². The maximum atomic E-state index is 12.0. The highest BCUT2D eigenvalue weighted by atomic mass is 16.5. The van der Waals surface area contributed by atoms with E-state index in [0.717, 1.165) is 16.7 Å². The zero-order valence-corrected chi connectivity index (χ0v) is 14.6. The minimum absolute atomic E-state index is 0.450. The fourth-order valence-electron chi connectivity index (χ4n) is 2.41. The van der Waals surface area contributed by atoms with Gasteiger partial charge in [0.25, 0.3) is 0 Å². The summed E-state index contributed by atoms with van der Waals surface area (Å²) < 4.78 is 10.4. The van der Waals surface area contributed by atoms with Gasteiger partial charge in [-0.1, -0.05) is 24.3 Å². The Bertz CT molecular complexity index is 1000. The molecule has 27 heavy (non-hydrogen) atoms. The van der Waals surface area contributed by atoms with Crippen LogP contribution in [0.1, 0.15) is 11.1 Å². The summed E-state index contributed by atoms with van der Waals surface area (Å²) in [5, 5.41) is 8.85. The van der Waals surface area contributed by atoms with Crippen molar-refractivity contribution in [1.82, 2.24) is 4.98 Å². The van der Waals surface area contributed by atoms with Crippen LogP contribution in [0.15, 0.2) is 73.1 Å². The monoisotopic (exact) mass is 356 g/mol. The number of nitriles is 1. The van der Waals surface area contributed by atoms with Gasteiger partial charge in [0.2, 0.25) is 0 Å². The third kappa shape index (κ3) is 4.80. The van der Waals surface area contributed by atoms with Gasteiger partial charge in [-0.2, -0.15) is 5.26 Å². The average molecular weight is 356 g/mol. The third-order valence-corrected chi connectivity index (χ3v) is 3.80. The van der Waals surface area contributed by atoms with Crippen LogP contribution in [0.3, 0.4) is 0 Å². The minimum Gasteiger partial charge on any atom is -0.495 e. The first-order valence-electron chi connectivity index (χ1n) is 8.17. The second-order valence-electron chi connectivity index (χ2n) is 5.63. The van der Waals surface area contributed by atoms with Gasteiger partial charge in [-0.3, -0.25) is 4.98 Å². The van der Waals surface area contributed by atoms with Crippen molar-refractivity contribution in [3.05, 3.63) is 84.2 Å². The van der Waals surface area contributed by atoms with Crippen LogP contribution < -0.4 is 9.47 Å². The summed E-state index contributed by atoms with van der Waals surface area (Å²) in [6, 6.07) is 18.3. The molecule has 0 aliphatic rings. The maximum absolute atomic E-state index is 12.0. The lowest BCUT2D eigenvalue weighted by atomic mass is 10.0. The molecule has 1 heterocycles. The zero-order chi connectivity index (χ0) is 19.1. The number of carbonyl (C=O) groups excluding carboxylic acids is 1. The molecule has 0 N–H and O–H groups in total. The summed E-state index contributed by atoms with van der Waals surface area (Å²) in [6.45, 7) is 0. The van der Waals surface area contributed by atoms with Gasteiger partial charge in [-0.15, -0.1) is 0 Å².